The van der Waals surface area contributed by atoms with E-state index in [0.717, 1.165) is 22.5 Å². The van der Waals surface area contributed by atoms with Gasteiger partial charge in [0, 0.05) is 17.2 Å². The summed E-state index contributed by atoms with van der Waals surface area (Å²) in [5.41, 5.74) is 2.30. The van der Waals surface area contributed by atoms with Crippen LogP contribution in [0.2, 0.25) is 0 Å². The molecule has 1 atom stereocenters. The predicted molar refractivity (Wildman–Crippen MR) is 88.5 cm³/mol. The van der Waals surface area contributed by atoms with Gasteiger partial charge in [0.25, 0.3) is 0 Å². The standard InChI is InChI=1S/C17H17N3S/c1-18-11-16(13-7-3-2-4-8-13)21-17-14-9-5-6-10-15(14)19-12-20-17/h2-10,12,16,18H,11H2,1H3. The van der Waals surface area contributed by atoms with Gasteiger partial charge < -0.3 is 5.32 Å². The first-order valence-electron chi connectivity index (χ1n) is 6.94. The second-order valence-electron chi connectivity index (χ2n) is 4.77. The zero-order valence-electron chi connectivity index (χ0n) is 11.9. The maximum atomic E-state index is 4.48. The van der Waals surface area contributed by atoms with Crippen molar-refractivity contribution in [3.8, 4) is 0 Å². The Bertz CT molecular complexity index is 710. The van der Waals surface area contributed by atoms with Crippen LogP contribution in [0.25, 0.3) is 10.9 Å². The summed E-state index contributed by atoms with van der Waals surface area (Å²) in [6.07, 6.45) is 1.64. The Kier molecular flexibility index (Phi) is 4.48. The van der Waals surface area contributed by atoms with Crippen molar-refractivity contribution in [1.29, 1.82) is 0 Å². The van der Waals surface area contributed by atoms with Gasteiger partial charge in [-0.2, -0.15) is 0 Å². The molecule has 4 heteroatoms. The summed E-state index contributed by atoms with van der Waals surface area (Å²) in [5.74, 6) is 0. The summed E-state index contributed by atoms with van der Waals surface area (Å²) in [4.78, 5) is 8.81. The summed E-state index contributed by atoms with van der Waals surface area (Å²) in [5, 5.41) is 5.74. The lowest BCUT2D eigenvalue weighted by Crippen LogP contribution is -2.15. The quantitative estimate of drug-likeness (QED) is 0.575. The van der Waals surface area contributed by atoms with Crippen LogP contribution in [0.1, 0.15) is 10.8 Å². The summed E-state index contributed by atoms with van der Waals surface area (Å²) >= 11 is 1.78. The van der Waals surface area contributed by atoms with E-state index in [1.165, 1.54) is 5.56 Å². The predicted octanol–water partition coefficient (Wildman–Crippen LogP) is 3.68. The number of likely N-dealkylation sites (N-methyl/N-ethyl adjacent to an activating group) is 1. The number of thioether (sulfide) groups is 1. The molecule has 0 aliphatic rings. The SMILES string of the molecule is CNCC(Sc1ncnc2ccccc12)c1ccccc1. The van der Waals surface area contributed by atoms with E-state index in [1.807, 2.05) is 31.3 Å². The van der Waals surface area contributed by atoms with Gasteiger partial charge in [-0.1, -0.05) is 60.3 Å². The molecule has 3 nitrogen and oxygen atoms in total. The molecular formula is C17H17N3S. The number of rotatable bonds is 5. The third kappa shape index (κ3) is 3.23. The molecule has 0 aliphatic carbocycles. The molecule has 1 unspecified atom stereocenters. The van der Waals surface area contributed by atoms with Gasteiger partial charge in [-0.25, -0.2) is 9.97 Å². The van der Waals surface area contributed by atoms with Crippen molar-refractivity contribution in [1.82, 2.24) is 15.3 Å². The number of fused-ring (bicyclic) bond motifs is 1. The molecule has 3 rings (SSSR count). The molecule has 21 heavy (non-hydrogen) atoms. The molecule has 0 spiro atoms. The molecule has 0 aliphatic heterocycles. The minimum absolute atomic E-state index is 0.328. The monoisotopic (exact) mass is 295 g/mol. The molecule has 2 aromatic carbocycles. The Morgan fingerprint density at radius 3 is 2.57 bits per heavy atom. The van der Waals surface area contributed by atoms with E-state index in [2.05, 4.69) is 45.6 Å². The minimum atomic E-state index is 0.328. The van der Waals surface area contributed by atoms with Crippen molar-refractivity contribution in [2.45, 2.75) is 10.3 Å². The lowest BCUT2D eigenvalue weighted by atomic mass is 10.1. The molecule has 0 amide bonds. The highest BCUT2D eigenvalue weighted by Crippen LogP contribution is 2.36. The maximum Gasteiger partial charge on any atom is 0.117 e. The van der Waals surface area contributed by atoms with Gasteiger partial charge in [0.05, 0.1) is 5.52 Å². The van der Waals surface area contributed by atoms with Gasteiger partial charge in [-0.05, 0) is 18.7 Å². The summed E-state index contributed by atoms with van der Waals surface area (Å²) in [7, 11) is 1.98. The van der Waals surface area contributed by atoms with E-state index in [1.54, 1.807) is 18.1 Å². The lowest BCUT2D eigenvalue weighted by Gasteiger charge is -2.16. The smallest absolute Gasteiger partial charge is 0.117 e. The van der Waals surface area contributed by atoms with Gasteiger partial charge in [0.15, 0.2) is 0 Å². The maximum absolute atomic E-state index is 4.48. The molecule has 1 heterocycles. The van der Waals surface area contributed by atoms with Crippen molar-refractivity contribution in [2.24, 2.45) is 0 Å². The van der Waals surface area contributed by atoms with Gasteiger partial charge in [0.1, 0.15) is 11.4 Å². The van der Waals surface area contributed by atoms with Crippen molar-refractivity contribution in [3.05, 3.63) is 66.5 Å². The summed E-state index contributed by atoms with van der Waals surface area (Å²) in [6.45, 7) is 0.896. The van der Waals surface area contributed by atoms with E-state index in [0.29, 0.717) is 5.25 Å². The van der Waals surface area contributed by atoms with Crippen LogP contribution in [-0.4, -0.2) is 23.6 Å². The average molecular weight is 295 g/mol. The highest BCUT2D eigenvalue weighted by atomic mass is 32.2. The molecule has 0 radical (unpaired) electrons. The van der Waals surface area contributed by atoms with E-state index >= 15 is 0 Å². The van der Waals surface area contributed by atoms with Gasteiger partial charge in [-0.3, -0.25) is 0 Å². The zero-order valence-corrected chi connectivity index (χ0v) is 12.7. The van der Waals surface area contributed by atoms with Crippen LogP contribution >= 0.6 is 11.8 Å². The molecule has 0 bridgehead atoms. The van der Waals surface area contributed by atoms with E-state index in [4.69, 9.17) is 0 Å². The first-order chi connectivity index (χ1) is 10.4. The number of nitrogens with zero attached hydrogens (tertiary/aromatic N) is 2. The normalized spacial score (nSPS) is 12.4. The van der Waals surface area contributed by atoms with Crippen LogP contribution in [0.3, 0.4) is 0 Å². The first kappa shape index (κ1) is 14.0. The zero-order chi connectivity index (χ0) is 14.5. The van der Waals surface area contributed by atoms with Crippen LogP contribution in [0, 0.1) is 0 Å². The van der Waals surface area contributed by atoms with Crippen molar-refractivity contribution in [2.75, 3.05) is 13.6 Å². The van der Waals surface area contributed by atoms with Crippen molar-refractivity contribution < 1.29 is 0 Å². The largest absolute Gasteiger partial charge is 0.318 e. The number of benzene rings is 2. The number of para-hydroxylation sites is 1. The summed E-state index contributed by atoms with van der Waals surface area (Å²) < 4.78 is 0. The fourth-order valence-electron chi connectivity index (χ4n) is 2.29. The fraction of sp³-hybridized carbons (Fsp3) is 0.176. The van der Waals surface area contributed by atoms with Crippen molar-refractivity contribution >= 4 is 22.7 Å². The van der Waals surface area contributed by atoms with Crippen molar-refractivity contribution in [3.63, 3.8) is 0 Å². The number of aromatic nitrogens is 2. The number of nitrogens with one attached hydrogen (secondary N) is 1. The Hall–Kier alpha value is -1.91. The van der Waals surface area contributed by atoms with Crippen LogP contribution in [0.5, 0.6) is 0 Å². The Labute approximate surface area is 128 Å². The van der Waals surface area contributed by atoms with Crippen LogP contribution in [0.4, 0.5) is 0 Å². The van der Waals surface area contributed by atoms with Crippen LogP contribution in [-0.2, 0) is 0 Å². The molecule has 106 valence electrons. The third-order valence-corrected chi connectivity index (χ3v) is 4.59. The molecule has 1 N–H and O–H groups in total. The van der Waals surface area contributed by atoms with Crippen LogP contribution < -0.4 is 5.32 Å². The van der Waals surface area contributed by atoms with E-state index < -0.39 is 0 Å². The minimum Gasteiger partial charge on any atom is -0.318 e. The first-order valence-corrected chi connectivity index (χ1v) is 7.82. The second kappa shape index (κ2) is 6.70. The fourth-order valence-corrected chi connectivity index (χ4v) is 3.51. The van der Waals surface area contributed by atoms with Gasteiger partial charge in [0.2, 0.25) is 0 Å². The Morgan fingerprint density at radius 2 is 1.76 bits per heavy atom. The molecule has 0 saturated heterocycles. The lowest BCUT2D eigenvalue weighted by molar-refractivity contribution is 0.776. The number of hydrogen-bond acceptors (Lipinski definition) is 4. The molecule has 0 saturated carbocycles. The molecular weight excluding hydrogens is 278 g/mol. The average Bonchev–Trinajstić information content (AvgIpc) is 2.55. The van der Waals surface area contributed by atoms with E-state index in [9.17, 15) is 0 Å². The molecule has 1 aromatic heterocycles. The highest BCUT2D eigenvalue weighted by molar-refractivity contribution is 7.99. The number of hydrogen-bond donors (Lipinski definition) is 1. The third-order valence-electron chi connectivity index (χ3n) is 3.32. The Balaban J connectivity index is 1.95. The second-order valence-corrected chi connectivity index (χ2v) is 5.96. The van der Waals surface area contributed by atoms with Gasteiger partial charge in [-0.15, -0.1) is 0 Å². The highest BCUT2D eigenvalue weighted by Gasteiger charge is 2.15. The van der Waals surface area contributed by atoms with Gasteiger partial charge >= 0.3 is 0 Å². The molecule has 3 aromatic rings. The van der Waals surface area contributed by atoms with Crippen LogP contribution in [0.15, 0.2) is 66.0 Å². The molecule has 0 fully saturated rings. The summed E-state index contributed by atoms with van der Waals surface area (Å²) in [6, 6.07) is 18.7. The topological polar surface area (TPSA) is 37.8 Å². The van der Waals surface area contributed by atoms with E-state index in [-0.39, 0.29) is 0 Å². The Morgan fingerprint density at radius 1 is 1.00 bits per heavy atom.